The number of rotatable bonds is 6. The SMILES string of the molecule is CC(C)(C)c1cc(-c2nc(-c3cc(C(C)(C)C)cc(C(C)(C)C)c3)nc(-c3ccc(-n4c5ccc(C(C)(C)C)cc5c5cc(C(C)(C)C)ccc54)c(-c4ccccc4-n4c5ccc(C(C)(C)C)cc5c5cc(C(C)(C)C)ccc54)c3)n2)cc(C(C)(C)C)c1. The summed E-state index contributed by atoms with van der Waals surface area (Å²) in [6.45, 7) is 55.4. The third kappa shape index (κ3) is 11.7. The van der Waals surface area contributed by atoms with E-state index in [1.54, 1.807) is 0 Å². The van der Waals surface area contributed by atoms with Crippen molar-refractivity contribution in [1.29, 1.82) is 0 Å². The summed E-state index contributed by atoms with van der Waals surface area (Å²) in [4.78, 5) is 16.9. The van der Waals surface area contributed by atoms with Crippen molar-refractivity contribution < 1.29 is 0 Å². The fourth-order valence-electron chi connectivity index (χ4n) is 12.4. The first-order valence-electron chi connectivity index (χ1n) is 32.2. The molecule has 5 nitrogen and oxygen atoms in total. The first-order valence-corrected chi connectivity index (χ1v) is 32.2. The van der Waals surface area contributed by atoms with Gasteiger partial charge < -0.3 is 9.13 Å². The molecule has 0 amide bonds. The number of hydrogen-bond acceptors (Lipinski definition) is 3. The molecule has 11 rings (SSSR count). The van der Waals surface area contributed by atoms with Crippen LogP contribution in [0.5, 0.6) is 0 Å². The third-order valence-corrected chi connectivity index (χ3v) is 18.4. The second-order valence-corrected chi connectivity index (χ2v) is 33.8. The van der Waals surface area contributed by atoms with E-state index >= 15 is 0 Å². The molecule has 454 valence electrons. The Morgan fingerprint density at radius 2 is 0.500 bits per heavy atom. The maximum atomic E-state index is 5.66. The third-order valence-electron chi connectivity index (χ3n) is 18.4. The molecule has 0 aliphatic rings. The van der Waals surface area contributed by atoms with Gasteiger partial charge in [0.2, 0.25) is 0 Å². The maximum absolute atomic E-state index is 5.66. The van der Waals surface area contributed by atoms with Gasteiger partial charge in [-0.25, -0.2) is 15.0 Å². The zero-order valence-corrected chi connectivity index (χ0v) is 57.7. The quantitative estimate of drug-likeness (QED) is 0.167. The van der Waals surface area contributed by atoms with Gasteiger partial charge in [0.1, 0.15) is 0 Å². The fourth-order valence-corrected chi connectivity index (χ4v) is 12.4. The van der Waals surface area contributed by atoms with Gasteiger partial charge in [-0.1, -0.05) is 221 Å². The van der Waals surface area contributed by atoms with Crippen LogP contribution in [0.2, 0.25) is 0 Å². The lowest BCUT2D eigenvalue weighted by Crippen LogP contribution is -2.17. The zero-order chi connectivity index (χ0) is 64.0. The van der Waals surface area contributed by atoms with Crippen LogP contribution in [0.15, 0.2) is 152 Å². The minimum atomic E-state index is -0.120. The van der Waals surface area contributed by atoms with Crippen molar-refractivity contribution in [3.05, 3.63) is 196 Å². The summed E-state index contributed by atoms with van der Waals surface area (Å²) >= 11 is 0. The molecule has 5 heteroatoms. The Morgan fingerprint density at radius 1 is 0.227 bits per heavy atom. The Labute approximate surface area is 527 Å². The average Bonchev–Trinajstić information content (AvgIpc) is 1.65. The molecule has 0 N–H and O–H groups in total. The van der Waals surface area contributed by atoms with E-state index in [4.69, 9.17) is 15.0 Å². The number of para-hydroxylation sites is 1. The largest absolute Gasteiger partial charge is 0.309 e. The van der Waals surface area contributed by atoms with Crippen LogP contribution in [0, 0.1) is 0 Å². The molecule has 0 saturated carbocycles. The highest BCUT2D eigenvalue weighted by Crippen LogP contribution is 2.46. The van der Waals surface area contributed by atoms with Gasteiger partial charge in [-0.15, -0.1) is 0 Å². The molecule has 88 heavy (non-hydrogen) atoms. The van der Waals surface area contributed by atoms with E-state index in [-0.39, 0.29) is 43.3 Å². The van der Waals surface area contributed by atoms with Crippen LogP contribution in [0.1, 0.15) is 211 Å². The van der Waals surface area contributed by atoms with Gasteiger partial charge in [0, 0.05) is 49.4 Å². The fraction of sp³-hybridized carbons (Fsp3) is 0.386. The number of nitrogens with zero attached hydrogens (tertiary/aromatic N) is 5. The number of aromatic nitrogens is 5. The standard InChI is InChI=1S/C83H97N5/c1-76(2,3)53-30-35-69-63(46-53)64-47-54(77(4,5)6)31-36-70(64)87(69)67-28-26-25-27-61(67)62-43-50(29-34-68(62)88-71-37-32-55(78(7,8)9)48-65(71)66-49-56(79(10,11)12)33-38-72(66)88)73-84-74(51-39-57(80(13,14)15)44-58(40-51)81(16,17)18)86-75(85-73)52-41-59(82(19,20)21)45-60(42-52)83(22,23)24/h25-49H,1-24H3. The molecule has 11 aromatic rings. The van der Waals surface area contributed by atoms with E-state index in [1.165, 1.54) is 77.1 Å². The van der Waals surface area contributed by atoms with Crippen LogP contribution in [0.3, 0.4) is 0 Å². The summed E-state index contributed by atoms with van der Waals surface area (Å²) in [5, 5.41) is 5.00. The van der Waals surface area contributed by atoms with E-state index < -0.39 is 0 Å². The van der Waals surface area contributed by atoms with E-state index in [9.17, 15) is 0 Å². The van der Waals surface area contributed by atoms with Gasteiger partial charge in [-0.05, 0) is 185 Å². The molecular weight excluding hydrogens is 1070 g/mol. The minimum Gasteiger partial charge on any atom is -0.309 e. The molecule has 8 aromatic carbocycles. The van der Waals surface area contributed by atoms with Crippen molar-refractivity contribution >= 4 is 43.6 Å². The van der Waals surface area contributed by atoms with Gasteiger partial charge in [-0.2, -0.15) is 0 Å². The van der Waals surface area contributed by atoms with Crippen molar-refractivity contribution in [2.75, 3.05) is 0 Å². The molecule has 0 spiro atoms. The highest BCUT2D eigenvalue weighted by molar-refractivity contribution is 6.12. The number of hydrogen-bond donors (Lipinski definition) is 0. The monoisotopic (exact) mass is 1160 g/mol. The number of fused-ring (bicyclic) bond motifs is 6. The number of benzene rings is 8. The minimum absolute atomic E-state index is 0.0373. The van der Waals surface area contributed by atoms with Crippen molar-refractivity contribution in [3.63, 3.8) is 0 Å². The molecule has 3 heterocycles. The molecule has 0 aliphatic heterocycles. The molecular formula is C83H97N5. The van der Waals surface area contributed by atoms with Crippen LogP contribution >= 0.6 is 0 Å². The predicted molar refractivity (Wildman–Crippen MR) is 380 cm³/mol. The van der Waals surface area contributed by atoms with Crippen LogP contribution < -0.4 is 0 Å². The molecule has 0 fully saturated rings. The lowest BCUT2D eigenvalue weighted by Gasteiger charge is -2.26. The smallest absolute Gasteiger partial charge is 0.164 e. The second kappa shape index (κ2) is 21.0. The maximum Gasteiger partial charge on any atom is 0.164 e. The topological polar surface area (TPSA) is 48.5 Å². The Hall–Kier alpha value is -7.63. The summed E-state index contributed by atoms with van der Waals surface area (Å²) < 4.78 is 5.05. The Balaban J connectivity index is 1.28. The van der Waals surface area contributed by atoms with Gasteiger partial charge in [0.05, 0.1) is 33.4 Å². The molecule has 0 radical (unpaired) electrons. The average molecular weight is 1160 g/mol. The Morgan fingerprint density at radius 3 is 0.795 bits per heavy atom. The van der Waals surface area contributed by atoms with Gasteiger partial charge in [0.25, 0.3) is 0 Å². The van der Waals surface area contributed by atoms with Crippen molar-refractivity contribution in [2.45, 2.75) is 209 Å². The normalized spacial score (nSPS) is 13.5. The molecule has 0 unspecified atom stereocenters. The first-order chi connectivity index (χ1) is 40.6. The summed E-state index contributed by atoms with van der Waals surface area (Å²) in [5.41, 5.74) is 21.5. The lowest BCUT2D eigenvalue weighted by atomic mass is 9.79. The highest BCUT2D eigenvalue weighted by atomic mass is 15.0. The van der Waals surface area contributed by atoms with Gasteiger partial charge in [-0.3, -0.25) is 0 Å². The van der Waals surface area contributed by atoms with Crippen molar-refractivity contribution in [2.24, 2.45) is 0 Å². The molecule has 0 atom stereocenters. The van der Waals surface area contributed by atoms with Gasteiger partial charge in [0.15, 0.2) is 17.5 Å². The molecule has 3 aromatic heterocycles. The Bertz CT molecular complexity index is 4250. The molecule has 0 saturated heterocycles. The van der Waals surface area contributed by atoms with Crippen LogP contribution in [0.25, 0.3) is 100 Å². The summed E-state index contributed by atoms with van der Waals surface area (Å²) in [7, 11) is 0. The van der Waals surface area contributed by atoms with E-state index in [0.29, 0.717) is 17.5 Å². The summed E-state index contributed by atoms with van der Waals surface area (Å²) in [6.07, 6.45) is 0. The highest BCUT2D eigenvalue weighted by Gasteiger charge is 2.29. The summed E-state index contributed by atoms with van der Waals surface area (Å²) in [6, 6.07) is 58.7. The predicted octanol–water partition coefficient (Wildman–Crippen LogP) is 23.1. The Kier molecular flexibility index (Phi) is 14.8. The summed E-state index contributed by atoms with van der Waals surface area (Å²) in [5.74, 6) is 1.93. The zero-order valence-electron chi connectivity index (χ0n) is 57.7. The molecule has 0 aliphatic carbocycles. The van der Waals surface area contributed by atoms with E-state index in [0.717, 1.165) is 50.2 Å². The van der Waals surface area contributed by atoms with Crippen molar-refractivity contribution in [3.8, 4) is 56.7 Å². The van der Waals surface area contributed by atoms with E-state index in [2.05, 4.69) is 327 Å². The van der Waals surface area contributed by atoms with Crippen LogP contribution in [-0.4, -0.2) is 24.1 Å². The van der Waals surface area contributed by atoms with Crippen LogP contribution in [-0.2, 0) is 43.3 Å². The lowest BCUT2D eigenvalue weighted by molar-refractivity contribution is 0.568. The van der Waals surface area contributed by atoms with Crippen LogP contribution in [0.4, 0.5) is 0 Å². The molecule has 0 bridgehead atoms. The second-order valence-electron chi connectivity index (χ2n) is 33.8. The van der Waals surface area contributed by atoms with Crippen molar-refractivity contribution in [1.82, 2.24) is 24.1 Å². The van der Waals surface area contributed by atoms with E-state index in [1.807, 2.05) is 0 Å². The van der Waals surface area contributed by atoms with Gasteiger partial charge >= 0.3 is 0 Å². The first kappa shape index (κ1) is 62.0.